The molecule has 2 N–H and O–H groups in total. The topological polar surface area (TPSA) is 36.4 Å². The number of benzene rings is 1. The number of hydrogen-bond donors (Lipinski definition) is 2. The summed E-state index contributed by atoms with van der Waals surface area (Å²) in [5, 5.41) is 6.40. The van der Waals surface area contributed by atoms with Crippen molar-refractivity contribution >= 4 is 5.96 Å². The number of hydrogen-bond acceptors (Lipinski definition) is 1. The molecule has 1 unspecified atom stereocenters. The van der Waals surface area contributed by atoms with Crippen LogP contribution in [0.1, 0.15) is 43.4 Å². The average Bonchev–Trinajstić information content (AvgIpc) is 2.40. The van der Waals surface area contributed by atoms with Crippen LogP contribution in [0.4, 0.5) is 13.2 Å². The maximum absolute atomic E-state index is 12.7. The second-order valence-electron chi connectivity index (χ2n) is 5.33. The van der Waals surface area contributed by atoms with Crippen LogP contribution in [0.15, 0.2) is 29.3 Å². The van der Waals surface area contributed by atoms with Gasteiger partial charge < -0.3 is 10.6 Å². The van der Waals surface area contributed by atoms with E-state index < -0.39 is 11.7 Å². The molecule has 1 atom stereocenters. The molecule has 1 aromatic carbocycles. The molecule has 1 aromatic rings. The fourth-order valence-corrected chi connectivity index (χ4v) is 2.19. The lowest BCUT2D eigenvalue weighted by Crippen LogP contribution is -2.46. The normalized spacial score (nSPS) is 18.0. The molecule has 1 aliphatic rings. The first-order chi connectivity index (χ1) is 9.90. The van der Waals surface area contributed by atoms with Gasteiger partial charge in [0, 0.05) is 13.1 Å². The van der Waals surface area contributed by atoms with Gasteiger partial charge >= 0.3 is 6.18 Å². The van der Waals surface area contributed by atoms with Crippen LogP contribution in [0, 0.1) is 0 Å². The third-order valence-electron chi connectivity index (χ3n) is 3.74. The lowest BCUT2D eigenvalue weighted by Gasteiger charge is -2.29. The van der Waals surface area contributed by atoms with Gasteiger partial charge in [-0.1, -0.05) is 12.1 Å². The van der Waals surface area contributed by atoms with E-state index in [1.54, 1.807) is 13.1 Å². The predicted octanol–water partition coefficient (Wildman–Crippen LogP) is 3.48. The van der Waals surface area contributed by atoms with Crippen molar-refractivity contribution in [3.05, 3.63) is 35.4 Å². The van der Waals surface area contributed by atoms with Gasteiger partial charge in [-0.05, 0) is 43.9 Å². The molecule has 6 heteroatoms. The van der Waals surface area contributed by atoms with Crippen LogP contribution in [-0.4, -0.2) is 19.0 Å². The number of halogens is 3. The molecule has 0 amide bonds. The fourth-order valence-electron chi connectivity index (χ4n) is 2.19. The number of alkyl halides is 3. The highest BCUT2D eigenvalue weighted by Crippen LogP contribution is 2.30. The van der Waals surface area contributed by atoms with Crippen molar-refractivity contribution in [2.75, 3.05) is 7.05 Å². The molecule has 0 heterocycles. The summed E-state index contributed by atoms with van der Waals surface area (Å²) in [7, 11) is 1.66. The van der Waals surface area contributed by atoms with Crippen molar-refractivity contribution in [3.63, 3.8) is 0 Å². The largest absolute Gasteiger partial charge is 0.416 e. The molecule has 2 rings (SSSR count). The fraction of sp³-hybridized carbons (Fsp3) is 0.533. The van der Waals surface area contributed by atoms with Crippen LogP contribution in [0.25, 0.3) is 0 Å². The van der Waals surface area contributed by atoms with Gasteiger partial charge in [-0.3, -0.25) is 4.99 Å². The average molecular weight is 299 g/mol. The summed E-state index contributed by atoms with van der Waals surface area (Å²) in [5.74, 6) is 0.629. The first kappa shape index (κ1) is 15.7. The number of nitrogens with one attached hydrogen (secondary N) is 2. The Morgan fingerprint density at radius 1 is 1.33 bits per heavy atom. The summed E-state index contributed by atoms with van der Waals surface area (Å²) < 4.78 is 38.2. The van der Waals surface area contributed by atoms with E-state index >= 15 is 0 Å². The van der Waals surface area contributed by atoms with Crippen molar-refractivity contribution in [2.24, 2.45) is 4.99 Å². The Labute approximate surface area is 122 Å². The zero-order valence-electron chi connectivity index (χ0n) is 12.2. The van der Waals surface area contributed by atoms with Crippen molar-refractivity contribution in [1.82, 2.24) is 10.6 Å². The highest BCUT2D eigenvalue weighted by atomic mass is 19.4. The molecular formula is C15H20F3N3. The molecule has 116 valence electrons. The molecule has 0 bridgehead atoms. The Morgan fingerprint density at radius 3 is 2.57 bits per heavy atom. The van der Waals surface area contributed by atoms with Crippen molar-refractivity contribution < 1.29 is 13.2 Å². The Hall–Kier alpha value is -1.72. The Balaban J connectivity index is 2.03. The smallest absolute Gasteiger partial charge is 0.354 e. The van der Waals surface area contributed by atoms with Gasteiger partial charge in [0.2, 0.25) is 0 Å². The highest BCUT2D eigenvalue weighted by molar-refractivity contribution is 5.80. The minimum absolute atomic E-state index is 0.251. The lowest BCUT2D eigenvalue weighted by atomic mass is 9.93. The summed E-state index contributed by atoms with van der Waals surface area (Å²) >= 11 is 0. The Morgan fingerprint density at radius 2 is 2.05 bits per heavy atom. The number of aliphatic imine (C=N–C) groups is 1. The van der Waals surface area contributed by atoms with Gasteiger partial charge in [-0.15, -0.1) is 0 Å². The van der Waals surface area contributed by atoms with Crippen LogP contribution in [0.5, 0.6) is 0 Å². The van der Waals surface area contributed by atoms with Gasteiger partial charge in [0.05, 0.1) is 11.6 Å². The first-order valence-corrected chi connectivity index (χ1v) is 7.07. The van der Waals surface area contributed by atoms with Gasteiger partial charge in [-0.2, -0.15) is 13.2 Å². The molecule has 1 aliphatic carbocycles. The van der Waals surface area contributed by atoms with Gasteiger partial charge in [0.25, 0.3) is 0 Å². The van der Waals surface area contributed by atoms with Crippen LogP contribution in [0.3, 0.4) is 0 Å². The molecule has 3 nitrogen and oxygen atoms in total. The molecule has 0 spiro atoms. The van der Waals surface area contributed by atoms with E-state index in [1.807, 2.05) is 6.92 Å². The zero-order valence-corrected chi connectivity index (χ0v) is 12.2. The third-order valence-corrected chi connectivity index (χ3v) is 3.74. The molecule has 1 fully saturated rings. The minimum atomic E-state index is -4.32. The third kappa shape index (κ3) is 4.12. The Kier molecular flexibility index (Phi) is 4.75. The Bertz CT molecular complexity index is 507. The minimum Gasteiger partial charge on any atom is -0.354 e. The molecule has 21 heavy (non-hydrogen) atoms. The molecule has 0 aromatic heterocycles. The van der Waals surface area contributed by atoms with E-state index in [2.05, 4.69) is 15.6 Å². The van der Waals surface area contributed by atoms with E-state index in [4.69, 9.17) is 0 Å². The summed E-state index contributed by atoms with van der Waals surface area (Å²) in [6, 6.07) is 5.54. The first-order valence-electron chi connectivity index (χ1n) is 7.07. The van der Waals surface area contributed by atoms with Crippen LogP contribution in [0.2, 0.25) is 0 Å². The van der Waals surface area contributed by atoms with Gasteiger partial charge in [0.1, 0.15) is 0 Å². The van der Waals surface area contributed by atoms with Crippen LogP contribution in [-0.2, 0) is 6.18 Å². The van der Waals surface area contributed by atoms with E-state index in [1.165, 1.54) is 18.6 Å². The highest BCUT2D eigenvalue weighted by Gasteiger charge is 2.30. The van der Waals surface area contributed by atoms with E-state index in [0.717, 1.165) is 18.9 Å². The predicted molar refractivity (Wildman–Crippen MR) is 77.1 cm³/mol. The quantitative estimate of drug-likeness (QED) is 0.662. The van der Waals surface area contributed by atoms with Gasteiger partial charge in [-0.25, -0.2) is 0 Å². The standard InChI is InChI=1S/C15H20F3N3/c1-10(20-14(19-2)21-13-7-4-8-13)11-5-3-6-12(9-11)15(16,17)18/h3,5-6,9-10,13H,4,7-8H2,1-2H3,(H2,19,20,21). The summed E-state index contributed by atoms with van der Waals surface area (Å²) in [5.41, 5.74) is -0.0445. The molecule has 1 saturated carbocycles. The van der Waals surface area contributed by atoms with Crippen molar-refractivity contribution in [2.45, 2.75) is 44.4 Å². The van der Waals surface area contributed by atoms with Gasteiger partial charge in [0.15, 0.2) is 5.96 Å². The molecular weight excluding hydrogens is 279 g/mol. The number of rotatable bonds is 3. The molecule has 0 radical (unpaired) electrons. The molecule has 0 aliphatic heterocycles. The molecule has 0 saturated heterocycles. The van der Waals surface area contributed by atoms with Crippen LogP contribution < -0.4 is 10.6 Å². The van der Waals surface area contributed by atoms with E-state index in [9.17, 15) is 13.2 Å². The van der Waals surface area contributed by atoms with Crippen LogP contribution >= 0.6 is 0 Å². The van der Waals surface area contributed by atoms with E-state index in [0.29, 0.717) is 17.6 Å². The summed E-state index contributed by atoms with van der Waals surface area (Å²) in [4.78, 5) is 4.12. The summed E-state index contributed by atoms with van der Waals surface area (Å²) in [6.45, 7) is 1.82. The van der Waals surface area contributed by atoms with E-state index in [-0.39, 0.29) is 6.04 Å². The monoisotopic (exact) mass is 299 g/mol. The lowest BCUT2D eigenvalue weighted by molar-refractivity contribution is -0.137. The van der Waals surface area contributed by atoms with Crippen molar-refractivity contribution in [3.8, 4) is 0 Å². The maximum atomic E-state index is 12.7. The zero-order chi connectivity index (χ0) is 15.5. The number of nitrogens with zero attached hydrogens (tertiary/aromatic N) is 1. The SMILES string of the molecule is CN=C(NC1CCC1)NC(C)c1cccc(C(F)(F)F)c1. The second kappa shape index (κ2) is 6.37. The second-order valence-corrected chi connectivity index (χ2v) is 5.33. The number of guanidine groups is 1. The maximum Gasteiger partial charge on any atom is 0.416 e. The van der Waals surface area contributed by atoms with Crippen molar-refractivity contribution in [1.29, 1.82) is 0 Å². The summed E-state index contributed by atoms with van der Waals surface area (Å²) in [6.07, 6.45) is -0.892.